The Bertz CT molecular complexity index is 502. The average Bonchev–Trinajstić information content (AvgIpc) is 2.43. The third-order valence-corrected chi connectivity index (χ3v) is 2.94. The SMILES string of the molecule is CC(=O)N(CCC=O)CC(=O)NCCc1cccc(O)c1. The molecule has 0 spiro atoms. The molecule has 0 heterocycles. The van der Waals surface area contributed by atoms with Crippen LogP contribution in [0.2, 0.25) is 0 Å². The van der Waals surface area contributed by atoms with E-state index >= 15 is 0 Å². The molecule has 0 atom stereocenters. The number of hydrogen-bond acceptors (Lipinski definition) is 4. The molecule has 0 aliphatic carbocycles. The lowest BCUT2D eigenvalue weighted by Crippen LogP contribution is -2.40. The van der Waals surface area contributed by atoms with Gasteiger partial charge in [-0.2, -0.15) is 0 Å². The van der Waals surface area contributed by atoms with Gasteiger partial charge in [-0.15, -0.1) is 0 Å². The first-order valence-corrected chi connectivity index (χ1v) is 6.76. The molecule has 1 rings (SSSR count). The molecule has 0 bridgehead atoms. The van der Waals surface area contributed by atoms with E-state index < -0.39 is 0 Å². The summed E-state index contributed by atoms with van der Waals surface area (Å²) in [5.41, 5.74) is 0.916. The number of nitrogens with one attached hydrogen (secondary N) is 1. The van der Waals surface area contributed by atoms with Gasteiger partial charge in [-0.25, -0.2) is 0 Å². The number of aromatic hydroxyl groups is 1. The van der Waals surface area contributed by atoms with Crippen LogP contribution in [0, 0.1) is 0 Å². The Hall–Kier alpha value is -2.37. The number of carbonyl (C=O) groups is 3. The number of aldehydes is 1. The first kappa shape index (κ1) is 16.7. The molecule has 0 saturated heterocycles. The summed E-state index contributed by atoms with van der Waals surface area (Å²) in [6.07, 6.45) is 1.53. The Labute approximate surface area is 123 Å². The Balaban J connectivity index is 2.35. The van der Waals surface area contributed by atoms with Crippen molar-refractivity contribution in [2.75, 3.05) is 19.6 Å². The van der Waals surface area contributed by atoms with Crippen molar-refractivity contribution in [1.29, 1.82) is 0 Å². The van der Waals surface area contributed by atoms with Gasteiger partial charge in [0.1, 0.15) is 12.0 Å². The minimum atomic E-state index is -0.267. The van der Waals surface area contributed by atoms with E-state index in [0.717, 1.165) is 11.8 Å². The molecule has 0 fully saturated rings. The number of phenolic OH excluding ortho intramolecular Hbond substituents is 1. The monoisotopic (exact) mass is 292 g/mol. The van der Waals surface area contributed by atoms with Gasteiger partial charge < -0.3 is 20.1 Å². The number of benzene rings is 1. The number of phenols is 1. The molecule has 114 valence electrons. The number of hydrogen-bond donors (Lipinski definition) is 2. The zero-order chi connectivity index (χ0) is 15.7. The fraction of sp³-hybridized carbons (Fsp3) is 0.400. The van der Waals surface area contributed by atoms with E-state index in [1.54, 1.807) is 18.2 Å². The normalized spacial score (nSPS) is 9.95. The van der Waals surface area contributed by atoms with Crippen molar-refractivity contribution >= 4 is 18.1 Å². The molecule has 0 radical (unpaired) electrons. The molecule has 1 aromatic carbocycles. The molecule has 6 heteroatoms. The minimum Gasteiger partial charge on any atom is -0.508 e. The van der Waals surface area contributed by atoms with Crippen molar-refractivity contribution in [2.45, 2.75) is 19.8 Å². The van der Waals surface area contributed by atoms with E-state index in [1.807, 2.05) is 6.07 Å². The summed E-state index contributed by atoms with van der Waals surface area (Å²) in [5, 5.41) is 12.0. The Morgan fingerprint density at radius 3 is 2.76 bits per heavy atom. The molecular formula is C15H20N2O4. The number of carbonyl (C=O) groups excluding carboxylic acids is 3. The van der Waals surface area contributed by atoms with Gasteiger partial charge in [0.2, 0.25) is 11.8 Å². The highest BCUT2D eigenvalue weighted by molar-refractivity contribution is 5.83. The summed E-state index contributed by atoms with van der Waals surface area (Å²) < 4.78 is 0. The van der Waals surface area contributed by atoms with Gasteiger partial charge in [0.05, 0.1) is 6.54 Å². The highest BCUT2D eigenvalue weighted by Gasteiger charge is 2.12. The van der Waals surface area contributed by atoms with Crippen LogP contribution in [0.5, 0.6) is 5.75 Å². The van der Waals surface area contributed by atoms with Crippen molar-refractivity contribution in [2.24, 2.45) is 0 Å². The second kappa shape index (κ2) is 8.73. The van der Waals surface area contributed by atoms with Gasteiger partial charge in [-0.05, 0) is 24.1 Å². The lowest BCUT2D eigenvalue weighted by Gasteiger charge is -2.19. The molecule has 0 aliphatic heterocycles. The zero-order valence-electron chi connectivity index (χ0n) is 12.0. The topological polar surface area (TPSA) is 86.7 Å². The van der Waals surface area contributed by atoms with Gasteiger partial charge in [0.15, 0.2) is 0 Å². The molecule has 2 amide bonds. The number of rotatable bonds is 8. The Morgan fingerprint density at radius 2 is 2.14 bits per heavy atom. The van der Waals surface area contributed by atoms with Gasteiger partial charge in [0, 0.05) is 26.4 Å². The van der Waals surface area contributed by atoms with Crippen LogP contribution >= 0.6 is 0 Å². The Kier molecular flexibility index (Phi) is 6.94. The largest absolute Gasteiger partial charge is 0.508 e. The standard InChI is InChI=1S/C15H20N2O4/c1-12(19)17(8-3-9-18)11-15(21)16-7-6-13-4-2-5-14(20)10-13/h2,4-5,9-10,20H,3,6-8,11H2,1H3,(H,16,21). The maximum Gasteiger partial charge on any atom is 0.239 e. The lowest BCUT2D eigenvalue weighted by atomic mass is 10.1. The van der Waals surface area contributed by atoms with Crippen LogP contribution in [-0.4, -0.2) is 47.7 Å². The van der Waals surface area contributed by atoms with Crippen molar-refractivity contribution < 1.29 is 19.5 Å². The number of nitrogens with zero attached hydrogens (tertiary/aromatic N) is 1. The first-order valence-electron chi connectivity index (χ1n) is 6.76. The molecule has 1 aromatic rings. The fourth-order valence-corrected chi connectivity index (χ4v) is 1.84. The molecular weight excluding hydrogens is 272 g/mol. The maximum atomic E-state index is 11.7. The van der Waals surface area contributed by atoms with E-state index in [-0.39, 0.29) is 37.1 Å². The molecule has 0 unspecified atom stereocenters. The average molecular weight is 292 g/mol. The summed E-state index contributed by atoms with van der Waals surface area (Å²) >= 11 is 0. The van der Waals surface area contributed by atoms with Crippen molar-refractivity contribution in [3.05, 3.63) is 29.8 Å². The predicted molar refractivity (Wildman–Crippen MR) is 77.8 cm³/mol. The first-order chi connectivity index (χ1) is 10.0. The van der Waals surface area contributed by atoms with E-state index in [0.29, 0.717) is 13.0 Å². The van der Waals surface area contributed by atoms with Crippen LogP contribution in [0.1, 0.15) is 18.9 Å². The van der Waals surface area contributed by atoms with Crippen molar-refractivity contribution in [3.8, 4) is 5.75 Å². The van der Waals surface area contributed by atoms with Crippen molar-refractivity contribution in [3.63, 3.8) is 0 Å². The van der Waals surface area contributed by atoms with E-state index in [2.05, 4.69) is 5.32 Å². The second-order valence-electron chi connectivity index (χ2n) is 4.67. The van der Waals surface area contributed by atoms with Crippen LogP contribution in [0.4, 0.5) is 0 Å². The van der Waals surface area contributed by atoms with Gasteiger partial charge >= 0.3 is 0 Å². The van der Waals surface area contributed by atoms with Gasteiger partial charge in [-0.3, -0.25) is 9.59 Å². The lowest BCUT2D eigenvalue weighted by molar-refractivity contribution is -0.134. The van der Waals surface area contributed by atoms with Crippen LogP contribution in [0.25, 0.3) is 0 Å². The Morgan fingerprint density at radius 1 is 1.38 bits per heavy atom. The second-order valence-corrected chi connectivity index (χ2v) is 4.67. The highest BCUT2D eigenvalue weighted by atomic mass is 16.3. The van der Waals surface area contributed by atoms with E-state index in [9.17, 15) is 19.5 Å². The van der Waals surface area contributed by atoms with Crippen LogP contribution in [0.15, 0.2) is 24.3 Å². The summed E-state index contributed by atoms with van der Waals surface area (Å²) in [6, 6.07) is 6.82. The minimum absolute atomic E-state index is 0.0524. The molecule has 6 nitrogen and oxygen atoms in total. The highest BCUT2D eigenvalue weighted by Crippen LogP contribution is 2.10. The fourth-order valence-electron chi connectivity index (χ4n) is 1.84. The van der Waals surface area contributed by atoms with Crippen LogP contribution < -0.4 is 5.32 Å². The van der Waals surface area contributed by atoms with Gasteiger partial charge in [0.25, 0.3) is 0 Å². The van der Waals surface area contributed by atoms with Crippen molar-refractivity contribution in [1.82, 2.24) is 10.2 Å². The van der Waals surface area contributed by atoms with Gasteiger partial charge in [-0.1, -0.05) is 12.1 Å². The summed E-state index contributed by atoms with van der Waals surface area (Å²) in [5.74, 6) is -0.313. The van der Waals surface area contributed by atoms with E-state index in [4.69, 9.17) is 0 Å². The quantitative estimate of drug-likeness (QED) is 0.683. The maximum absolute atomic E-state index is 11.7. The summed E-state index contributed by atoms with van der Waals surface area (Å²) in [4.78, 5) is 34.7. The predicted octanol–water partition coefficient (Wildman–Crippen LogP) is 0.488. The summed E-state index contributed by atoms with van der Waals surface area (Å²) in [7, 11) is 0. The zero-order valence-corrected chi connectivity index (χ0v) is 12.0. The molecule has 0 aliphatic rings. The van der Waals surface area contributed by atoms with Crippen LogP contribution in [-0.2, 0) is 20.8 Å². The molecule has 2 N–H and O–H groups in total. The molecule has 0 saturated carbocycles. The van der Waals surface area contributed by atoms with E-state index in [1.165, 1.54) is 11.8 Å². The summed E-state index contributed by atoms with van der Waals surface area (Å²) in [6.45, 7) is 1.98. The molecule has 0 aromatic heterocycles. The smallest absolute Gasteiger partial charge is 0.239 e. The van der Waals surface area contributed by atoms with Crippen LogP contribution in [0.3, 0.4) is 0 Å². The third kappa shape index (κ3) is 6.56. The third-order valence-electron chi connectivity index (χ3n) is 2.94. The molecule has 21 heavy (non-hydrogen) atoms. The number of amides is 2.